The van der Waals surface area contributed by atoms with Crippen molar-refractivity contribution in [2.45, 2.75) is 0 Å². The van der Waals surface area contributed by atoms with Gasteiger partial charge in [0.05, 0.1) is 28.2 Å². The fourth-order valence-electron chi connectivity index (χ4n) is 1.08. The lowest BCUT2D eigenvalue weighted by Gasteiger charge is -2.03. The van der Waals surface area contributed by atoms with E-state index in [0.29, 0.717) is 0 Å². The average molecular weight is 241 g/mol. The minimum atomic E-state index is -0.845. The van der Waals surface area contributed by atoms with Gasteiger partial charge in [-0.1, -0.05) is 11.6 Å². The lowest BCUT2D eigenvalue weighted by molar-refractivity contribution is -0.384. The van der Waals surface area contributed by atoms with Gasteiger partial charge in [0.1, 0.15) is 6.07 Å². The van der Waals surface area contributed by atoms with Crippen LogP contribution in [0, 0.1) is 21.4 Å². The lowest BCUT2D eigenvalue weighted by Crippen LogP contribution is -2.05. The molecular weight excluding hydrogens is 236 g/mol. The Kier molecular flexibility index (Phi) is 3.43. The molecule has 1 aromatic rings. The smallest absolute Gasteiger partial charge is 0.339 e. The Bertz CT molecular complexity index is 507. The van der Waals surface area contributed by atoms with Gasteiger partial charge in [-0.3, -0.25) is 10.1 Å². The molecule has 82 valence electrons. The van der Waals surface area contributed by atoms with Crippen LogP contribution in [-0.4, -0.2) is 18.0 Å². The summed E-state index contributed by atoms with van der Waals surface area (Å²) in [6.07, 6.45) is 0. The van der Waals surface area contributed by atoms with E-state index < -0.39 is 10.9 Å². The largest absolute Gasteiger partial charge is 0.465 e. The highest BCUT2D eigenvalue weighted by atomic mass is 35.5. The number of carbonyl (C=O) groups excluding carboxylic acids is 1. The van der Waals surface area contributed by atoms with E-state index in [0.717, 1.165) is 19.2 Å². The molecule has 0 N–H and O–H groups in total. The minimum absolute atomic E-state index is 0.140. The van der Waals surface area contributed by atoms with E-state index in [1.807, 2.05) is 0 Å². The number of nitriles is 1. The zero-order valence-corrected chi connectivity index (χ0v) is 8.82. The number of ether oxygens (including phenoxy) is 1. The van der Waals surface area contributed by atoms with Crippen molar-refractivity contribution >= 4 is 23.3 Å². The number of rotatable bonds is 2. The number of nitro groups is 1. The third-order valence-electron chi connectivity index (χ3n) is 1.80. The van der Waals surface area contributed by atoms with Crippen LogP contribution in [-0.2, 0) is 4.74 Å². The molecule has 1 rings (SSSR count). The number of nitro benzene ring substituents is 1. The molecule has 0 fully saturated rings. The summed E-state index contributed by atoms with van der Waals surface area (Å²) >= 11 is 5.65. The molecular formula is C9H5ClN2O4. The molecule has 0 aromatic heterocycles. The number of methoxy groups -OCH3 is 1. The van der Waals surface area contributed by atoms with Gasteiger partial charge in [0, 0.05) is 12.1 Å². The van der Waals surface area contributed by atoms with Crippen LogP contribution >= 0.6 is 11.6 Å². The van der Waals surface area contributed by atoms with Crippen LogP contribution in [0.15, 0.2) is 12.1 Å². The number of non-ortho nitro benzene ring substituents is 1. The maximum Gasteiger partial charge on any atom is 0.339 e. The summed E-state index contributed by atoms with van der Waals surface area (Å²) < 4.78 is 4.40. The number of nitrogens with zero attached hydrogens (tertiary/aromatic N) is 2. The standard InChI is InChI=1S/C9H5ClN2O4/c1-16-9(13)6-2-5(12(14)15)3-8(10)7(6)4-11/h2-3H,1H3. The Labute approximate surface area is 95.2 Å². The summed E-state index contributed by atoms with van der Waals surface area (Å²) in [4.78, 5) is 21.1. The molecule has 0 bridgehead atoms. The van der Waals surface area contributed by atoms with Crippen LogP contribution in [0.1, 0.15) is 15.9 Å². The summed E-state index contributed by atoms with van der Waals surface area (Å²) in [6.45, 7) is 0. The molecule has 0 saturated heterocycles. The van der Waals surface area contributed by atoms with Gasteiger partial charge in [-0.05, 0) is 0 Å². The Morgan fingerprint density at radius 3 is 2.69 bits per heavy atom. The normalized spacial score (nSPS) is 9.31. The molecule has 0 atom stereocenters. The highest BCUT2D eigenvalue weighted by molar-refractivity contribution is 6.32. The second kappa shape index (κ2) is 4.59. The van der Waals surface area contributed by atoms with Gasteiger partial charge in [-0.15, -0.1) is 0 Å². The number of hydrogen-bond acceptors (Lipinski definition) is 5. The van der Waals surface area contributed by atoms with Crippen LogP contribution in [0.3, 0.4) is 0 Å². The van der Waals surface area contributed by atoms with Crippen LogP contribution in [0.5, 0.6) is 0 Å². The van der Waals surface area contributed by atoms with E-state index >= 15 is 0 Å². The van der Waals surface area contributed by atoms with Gasteiger partial charge in [0.2, 0.25) is 0 Å². The summed E-state index contributed by atoms with van der Waals surface area (Å²) in [5.74, 6) is -0.845. The van der Waals surface area contributed by atoms with Crippen LogP contribution in [0.25, 0.3) is 0 Å². The van der Waals surface area contributed by atoms with Crippen molar-refractivity contribution in [3.05, 3.63) is 38.4 Å². The van der Waals surface area contributed by atoms with Crippen molar-refractivity contribution < 1.29 is 14.5 Å². The van der Waals surface area contributed by atoms with Gasteiger partial charge >= 0.3 is 5.97 Å². The van der Waals surface area contributed by atoms with Crippen LogP contribution < -0.4 is 0 Å². The van der Waals surface area contributed by atoms with Crippen molar-refractivity contribution in [1.82, 2.24) is 0 Å². The summed E-state index contributed by atoms with van der Waals surface area (Å²) in [7, 11) is 1.11. The van der Waals surface area contributed by atoms with E-state index in [1.165, 1.54) is 0 Å². The Morgan fingerprint density at radius 1 is 1.62 bits per heavy atom. The van der Waals surface area contributed by atoms with Crippen LogP contribution in [0.4, 0.5) is 5.69 Å². The predicted molar refractivity (Wildman–Crippen MR) is 54.2 cm³/mol. The van der Waals surface area contributed by atoms with E-state index in [1.54, 1.807) is 6.07 Å². The number of carbonyl (C=O) groups is 1. The molecule has 0 amide bonds. The second-order valence-electron chi connectivity index (χ2n) is 2.71. The second-order valence-corrected chi connectivity index (χ2v) is 3.12. The molecule has 0 aliphatic rings. The Morgan fingerprint density at radius 2 is 2.25 bits per heavy atom. The first-order valence-electron chi connectivity index (χ1n) is 3.97. The summed E-state index contributed by atoms with van der Waals surface area (Å²) in [6, 6.07) is 3.65. The monoisotopic (exact) mass is 240 g/mol. The molecule has 0 aliphatic carbocycles. The molecule has 0 unspecified atom stereocenters. The van der Waals surface area contributed by atoms with Crippen molar-refractivity contribution in [2.75, 3.05) is 7.11 Å². The molecule has 0 radical (unpaired) electrons. The lowest BCUT2D eigenvalue weighted by atomic mass is 10.1. The van der Waals surface area contributed by atoms with E-state index in [-0.39, 0.29) is 21.8 Å². The molecule has 16 heavy (non-hydrogen) atoms. The SMILES string of the molecule is COC(=O)c1cc([N+](=O)[O-])cc(Cl)c1C#N. The number of halogens is 1. The Hall–Kier alpha value is -2.13. The van der Waals surface area contributed by atoms with Crippen molar-refractivity contribution in [3.63, 3.8) is 0 Å². The van der Waals surface area contributed by atoms with Gasteiger partial charge < -0.3 is 4.74 Å². The first-order valence-corrected chi connectivity index (χ1v) is 4.35. The highest BCUT2D eigenvalue weighted by Gasteiger charge is 2.20. The quantitative estimate of drug-likeness (QED) is 0.447. The molecule has 0 saturated carbocycles. The molecule has 6 nitrogen and oxygen atoms in total. The van der Waals surface area contributed by atoms with Crippen LogP contribution in [0.2, 0.25) is 5.02 Å². The summed E-state index contributed by atoms with van der Waals surface area (Å²) in [5.41, 5.74) is -0.729. The average Bonchev–Trinajstić information content (AvgIpc) is 2.26. The van der Waals surface area contributed by atoms with E-state index in [4.69, 9.17) is 16.9 Å². The summed E-state index contributed by atoms with van der Waals surface area (Å²) in [5, 5.41) is 19.1. The first kappa shape index (κ1) is 11.9. The molecule has 7 heteroatoms. The molecule has 0 aliphatic heterocycles. The van der Waals surface area contributed by atoms with E-state index in [2.05, 4.69) is 4.74 Å². The topological polar surface area (TPSA) is 93.2 Å². The maximum absolute atomic E-state index is 11.3. The fourth-order valence-corrected chi connectivity index (χ4v) is 1.34. The third-order valence-corrected chi connectivity index (χ3v) is 2.10. The van der Waals surface area contributed by atoms with Crippen molar-refractivity contribution in [3.8, 4) is 6.07 Å². The van der Waals surface area contributed by atoms with Crippen molar-refractivity contribution in [1.29, 1.82) is 5.26 Å². The number of esters is 1. The van der Waals surface area contributed by atoms with Crippen molar-refractivity contribution in [2.24, 2.45) is 0 Å². The fraction of sp³-hybridized carbons (Fsp3) is 0.111. The van der Waals surface area contributed by atoms with E-state index in [9.17, 15) is 14.9 Å². The molecule has 0 heterocycles. The molecule has 0 spiro atoms. The van der Waals surface area contributed by atoms with Gasteiger partial charge in [0.15, 0.2) is 0 Å². The molecule has 1 aromatic carbocycles. The maximum atomic E-state index is 11.3. The zero-order valence-electron chi connectivity index (χ0n) is 8.06. The first-order chi connectivity index (χ1) is 7.51. The Balaban J connectivity index is 3.50. The number of benzene rings is 1. The van der Waals surface area contributed by atoms with Gasteiger partial charge in [-0.2, -0.15) is 5.26 Å². The third kappa shape index (κ3) is 2.10. The highest BCUT2D eigenvalue weighted by Crippen LogP contribution is 2.26. The predicted octanol–water partition coefficient (Wildman–Crippen LogP) is 1.91. The minimum Gasteiger partial charge on any atom is -0.465 e. The van der Waals surface area contributed by atoms with Gasteiger partial charge in [-0.25, -0.2) is 4.79 Å². The zero-order chi connectivity index (χ0) is 12.3. The number of hydrogen-bond donors (Lipinski definition) is 0. The van der Waals surface area contributed by atoms with Gasteiger partial charge in [0.25, 0.3) is 5.69 Å².